The lowest BCUT2D eigenvalue weighted by Crippen LogP contribution is -2.34. The molecule has 0 radical (unpaired) electrons. The molecular formula is C20H26ClN3OS2. The summed E-state index contributed by atoms with van der Waals surface area (Å²) in [7, 11) is 4.12. The molecule has 1 aromatic carbocycles. The molecule has 27 heavy (non-hydrogen) atoms. The smallest absolute Gasteiger partial charge is 0.234 e. The Morgan fingerprint density at radius 2 is 1.96 bits per heavy atom. The number of para-hydroxylation sites is 1. The van der Waals surface area contributed by atoms with Gasteiger partial charge in [0.2, 0.25) is 5.91 Å². The van der Waals surface area contributed by atoms with Crippen molar-refractivity contribution in [3.63, 3.8) is 0 Å². The van der Waals surface area contributed by atoms with Gasteiger partial charge in [-0.3, -0.25) is 9.69 Å². The number of thiophene rings is 1. The van der Waals surface area contributed by atoms with Gasteiger partial charge in [0.25, 0.3) is 0 Å². The third-order valence-corrected chi connectivity index (χ3v) is 6.22. The number of nitrogens with zero attached hydrogens (tertiary/aromatic N) is 3. The number of halogens is 1. The van der Waals surface area contributed by atoms with Crippen molar-refractivity contribution in [2.24, 2.45) is 0 Å². The van der Waals surface area contributed by atoms with E-state index in [0.29, 0.717) is 13.0 Å². The molecule has 146 valence electrons. The van der Waals surface area contributed by atoms with Gasteiger partial charge in [-0.05, 0) is 56.6 Å². The zero-order valence-electron chi connectivity index (χ0n) is 16.0. The number of benzene rings is 1. The maximum absolute atomic E-state index is 13.0. The zero-order valence-corrected chi connectivity index (χ0v) is 18.4. The van der Waals surface area contributed by atoms with E-state index in [1.54, 1.807) is 22.7 Å². The summed E-state index contributed by atoms with van der Waals surface area (Å²) in [4.78, 5) is 23.0. The third kappa shape index (κ3) is 5.51. The van der Waals surface area contributed by atoms with Crippen LogP contribution >= 0.6 is 35.1 Å². The molecule has 3 rings (SSSR count). The molecule has 1 amide bonds. The van der Waals surface area contributed by atoms with Gasteiger partial charge >= 0.3 is 0 Å². The summed E-state index contributed by atoms with van der Waals surface area (Å²) in [6.45, 7) is 3.79. The van der Waals surface area contributed by atoms with Crippen LogP contribution in [0.15, 0.2) is 35.7 Å². The van der Waals surface area contributed by atoms with Crippen LogP contribution in [0, 0.1) is 0 Å². The van der Waals surface area contributed by atoms with Crippen LogP contribution < -0.4 is 4.90 Å². The van der Waals surface area contributed by atoms with Gasteiger partial charge in [0.1, 0.15) is 0 Å². The fourth-order valence-corrected chi connectivity index (χ4v) is 4.68. The van der Waals surface area contributed by atoms with Crippen molar-refractivity contribution in [2.45, 2.75) is 26.2 Å². The molecule has 0 spiro atoms. The van der Waals surface area contributed by atoms with E-state index in [1.165, 1.54) is 5.56 Å². The number of amides is 1. The fraction of sp³-hybridized carbons (Fsp3) is 0.400. The lowest BCUT2D eigenvalue weighted by atomic mass is 10.1. The standard InChI is InChI=1S/C20H25N3OS2.ClH/c1-4-15-8-5-10-17-19(15)21-20(26-17)23(12-7-11-22(2)3)18(24)14-16-9-6-13-25-16;/h5-6,8-10,13H,4,7,11-12,14H2,1-3H3;1H. The normalized spacial score (nSPS) is 11.0. The average Bonchev–Trinajstić information content (AvgIpc) is 3.27. The number of hydrogen-bond acceptors (Lipinski definition) is 5. The molecule has 0 saturated heterocycles. The molecule has 0 fully saturated rings. The second-order valence-electron chi connectivity index (χ2n) is 6.57. The van der Waals surface area contributed by atoms with Crippen LogP contribution in [-0.4, -0.2) is 43.0 Å². The Morgan fingerprint density at radius 1 is 1.15 bits per heavy atom. The molecule has 2 heterocycles. The van der Waals surface area contributed by atoms with Gasteiger partial charge in [0, 0.05) is 11.4 Å². The highest BCUT2D eigenvalue weighted by Crippen LogP contribution is 2.31. The highest BCUT2D eigenvalue weighted by atomic mass is 35.5. The zero-order chi connectivity index (χ0) is 18.5. The van der Waals surface area contributed by atoms with Crippen LogP contribution in [0.25, 0.3) is 10.2 Å². The molecule has 7 heteroatoms. The summed E-state index contributed by atoms with van der Waals surface area (Å²) >= 11 is 3.25. The average molecular weight is 424 g/mol. The quantitative estimate of drug-likeness (QED) is 0.518. The number of anilines is 1. The van der Waals surface area contributed by atoms with E-state index >= 15 is 0 Å². The molecule has 0 atom stereocenters. The van der Waals surface area contributed by atoms with Gasteiger partial charge in [0.15, 0.2) is 5.13 Å². The molecule has 0 aliphatic rings. The van der Waals surface area contributed by atoms with Gasteiger partial charge in [-0.15, -0.1) is 23.7 Å². The molecule has 0 aliphatic carbocycles. The lowest BCUT2D eigenvalue weighted by Gasteiger charge is -2.20. The molecule has 0 saturated carbocycles. The van der Waals surface area contributed by atoms with E-state index in [9.17, 15) is 4.79 Å². The Hall–Kier alpha value is -1.47. The van der Waals surface area contributed by atoms with Crippen molar-refractivity contribution < 1.29 is 4.79 Å². The van der Waals surface area contributed by atoms with Crippen LogP contribution in [0.3, 0.4) is 0 Å². The van der Waals surface area contributed by atoms with Crippen LogP contribution in [-0.2, 0) is 17.6 Å². The van der Waals surface area contributed by atoms with Gasteiger partial charge < -0.3 is 4.90 Å². The van der Waals surface area contributed by atoms with E-state index < -0.39 is 0 Å². The third-order valence-electron chi connectivity index (χ3n) is 4.30. The Balaban J connectivity index is 0.00000261. The highest BCUT2D eigenvalue weighted by Gasteiger charge is 2.21. The Morgan fingerprint density at radius 3 is 2.63 bits per heavy atom. The van der Waals surface area contributed by atoms with E-state index in [1.807, 2.05) is 22.4 Å². The summed E-state index contributed by atoms with van der Waals surface area (Å²) in [5.41, 5.74) is 2.28. The van der Waals surface area contributed by atoms with Crippen molar-refractivity contribution in [3.05, 3.63) is 46.2 Å². The first-order valence-electron chi connectivity index (χ1n) is 8.94. The number of fused-ring (bicyclic) bond motifs is 1. The van der Waals surface area contributed by atoms with Crippen molar-refractivity contribution in [3.8, 4) is 0 Å². The van der Waals surface area contributed by atoms with E-state index in [2.05, 4.69) is 44.1 Å². The topological polar surface area (TPSA) is 36.4 Å². The fourth-order valence-electron chi connectivity index (χ4n) is 2.92. The monoisotopic (exact) mass is 423 g/mol. The summed E-state index contributed by atoms with van der Waals surface area (Å²) in [5, 5.41) is 2.84. The molecule has 0 unspecified atom stereocenters. The van der Waals surface area contributed by atoms with Crippen LogP contribution in [0.1, 0.15) is 23.8 Å². The summed E-state index contributed by atoms with van der Waals surface area (Å²) in [5.74, 6) is 0.128. The predicted molar refractivity (Wildman–Crippen MR) is 120 cm³/mol. The number of aryl methyl sites for hydroxylation is 1. The molecular weight excluding hydrogens is 398 g/mol. The van der Waals surface area contributed by atoms with Crippen molar-refractivity contribution in [1.82, 2.24) is 9.88 Å². The van der Waals surface area contributed by atoms with Gasteiger partial charge in [-0.2, -0.15) is 0 Å². The predicted octanol–water partition coefficient (Wildman–Crippen LogP) is 4.87. The molecule has 0 N–H and O–H groups in total. The number of aromatic nitrogens is 1. The first kappa shape index (κ1) is 21.8. The number of rotatable bonds is 8. The summed E-state index contributed by atoms with van der Waals surface area (Å²) in [6, 6.07) is 10.3. The largest absolute Gasteiger partial charge is 0.309 e. The first-order chi connectivity index (χ1) is 12.6. The van der Waals surface area contributed by atoms with Gasteiger partial charge in [-0.25, -0.2) is 4.98 Å². The minimum Gasteiger partial charge on any atom is -0.309 e. The molecule has 4 nitrogen and oxygen atoms in total. The second-order valence-corrected chi connectivity index (χ2v) is 8.61. The SMILES string of the molecule is CCc1cccc2sc(N(CCCN(C)C)C(=O)Cc3cccs3)nc12.Cl. The summed E-state index contributed by atoms with van der Waals surface area (Å²) < 4.78 is 1.15. The van der Waals surface area contributed by atoms with Gasteiger partial charge in [0.05, 0.1) is 16.6 Å². The number of hydrogen-bond donors (Lipinski definition) is 0. The number of carbonyl (C=O) groups excluding carboxylic acids is 1. The van der Waals surface area contributed by atoms with E-state index in [4.69, 9.17) is 4.98 Å². The Labute approximate surface area is 175 Å². The summed E-state index contributed by atoms with van der Waals surface area (Å²) in [6.07, 6.45) is 2.32. The van der Waals surface area contributed by atoms with Crippen LogP contribution in [0.4, 0.5) is 5.13 Å². The van der Waals surface area contributed by atoms with Crippen LogP contribution in [0.5, 0.6) is 0 Å². The van der Waals surface area contributed by atoms with E-state index in [-0.39, 0.29) is 18.3 Å². The molecule has 0 bridgehead atoms. The molecule has 3 aromatic rings. The Kier molecular flexibility index (Phi) is 8.23. The van der Waals surface area contributed by atoms with Crippen LogP contribution in [0.2, 0.25) is 0 Å². The minimum atomic E-state index is 0. The maximum atomic E-state index is 13.0. The van der Waals surface area contributed by atoms with Crippen molar-refractivity contribution in [1.29, 1.82) is 0 Å². The molecule has 2 aromatic heterocycles. The van der Waals surface area contributed by atoms with Crippen molar-refractivity contribution >= 4 is 56.3 Å². The van der Waals surface area contributed by atoms with Crippen molar-refractivity contribution in [2.75, 3.05) is 32.1 Å². The van der Waals surface area contributed by atoms with Gasteiger partial charge in [-0.1, -0.05) is 36.5 Å². The minimum absolute atomic E-state index is 0. The lowest BCUT2D eigenvalue weighted by molar-refractivity contribution is -0.118. The second kappa shape index (κ2) is 10.2. The number of thiazole rings is 1. The Bertz CT molecular complexity index is 861. The molecule has 0 aliphatic heterocycles. The highest BCUT2D eigenvalue weighted by molar-refractivity contribution is 7.22. The first-order valence-corrected chi connectivity index (χ1v) is 10.6. The number of carbonyl (C=O) groups is 1. The maximum Gasteiger partial charge on any atom is 0.234 e. The van der Waals surface area contributed by atoms with E-state index in [0.717, 1.165) is 39.6 Å².